The highest BCUT2D eigenvalue weighted by molar-refractivity contribution is 7.89. The van der Waals surface area contributed by atoms with Gasteiger partial charge in [-0.25, -0.2) is 13.4 Å². The highest BCUT2D eigenvalue weighted by atomic mass is 32.2. The Morgan fingerprint density at radius 2 is 2.26 bits per heavy atom. The molecule has 1 atom stereocenters. The van der Waals surface area contributed by atoms with E-state index < -0.39 is 10.0 Å². The molecular weight excluding hydrogens is 264 g/mol. The summed E-state index contributed by atoms with van der Waals surface area (Å²) in [6.45, 7) is 4.19. The molecule has 7 heteroatoms. The average Bonchev–Trinajstić information content (AvgIpc) is 2.84. The maximum atomic E-state index is 12.6. The molecule has 19 heavy (non-hydrogen) atoms. The van der Waals surface area contributed by atoms with E-state index in [1.165, 1.54) is 6.33 Å². The van der Waals surface area contributed by atoms with Gasteiger partial charge in [0, 0.05) is 32.4 Å². The van der Waals surface area contributed by atoms with Crippen molar-refractivity contribution < 1.29 is 8.42 Å². The summed E-state index contributed by atoms with van der Waals surface area (Å²) in [5, 5.41) is 3.40. The molecule has 0 amide bonds. The summed E-state index contributed by atoms with van der Waals surface area (Å²) in [5.74, 6) is 0. The number of nitrogens with one attached hydrogen (secondary N) is 1. The molecule has 1 fully saturated rings. The van der Waals surface area contributed by atoms with Crippen LogP contribution in [0.15, 0.2) is 17.6 Å². The van der Waals surface area contributed by atoms with Gasteiger partial charge in [0.2, 0.25) is 0 Å². The molecule has 1 N–H and O–H groups in total. The first kappa shape index (κ1) is 14.5. The number of imidazole rings is 1. The lowest BCUT2D eigenvalue weighted by atomic mass is 10.1. The Labute approximate surface area is 114 Å². The summed E-state index contributed by atoms with van der Waals surface area (Å²) in [5.41, 5.74) is 0. The third-order valence-electron chi connectivity index (χ3n) is 3.46. The first-order valence-corrected chi connectivity index (χ1v) is 8.20. The summed E-state index contributed by atoms with van der Waals surface area (Å²) in [4.78, 5) is 3.99. The van der Waals surface area contributed by atoms with Crippen LogP contribution in [0.25, 0.3) is 0 Å². The number of rotatable bonds is 5. The molecule has 1 aromatic heterocycles. The molecule has 2 heterocycles. The molecule has 0 aliphatic carbocycles. The summed E-state index contributed by atoms with van der Waals surface area (Å²) < 4.78 is 28.5. The number of sulfonamides is 1. The fourth-order valence-electron chi connectivity index (χ4n) is 2.45. The molecular formula is C12H22N4O2S. The van der Waals surface area contributed by atoms with E-state index in [4.69, 9.17) is 0 Å². The number of aryl methyl sites for hydroxylation is 1. The van der Waals surface area contributed by atoms with Crippen molar-refractivity contribution in [3.63, 3.8) is 0 Å². The molecule has 0 saturated carbocycles. The molecule has 0 bridgehead atoms. The van der Waals surface area contributed by atoms with Gasteiger partial charge < -0.3 is 9.88 Å². The highest BCUT2D eigenvalue weighted by Gasteiger charge is 2.34. The van der Waals surface area contributed by atoms with Crippen molar-refractivity contribution in [1.29, 1.82) is 0 Å². The minimum Gasteiger partial charge on any atom is -0.339 e. The van der Waals surface area contributed by atoms with Gasteiger partial charge in [0.15, 0.2) is 5.03 Å². The van der Waals surface area contributed by atoms with Crippen molar-refractivity contribution in [2.45, 2.75) is 37.3 Å². The number of likely N-dealkylation sites (N-methyl/N-ethyl adjacent to an activating group) is 1. The van der Waals surface area contributed by atoms with Crippen LogP contribution >= 0.6 is 0 Å². The fourth-order valence-corrected chi connectivity index (χ4v) is 4.11. The Kier molecular flexibility index (Phi) is 4.59. The van der Waals surface area contributed by atoms with Crippen LogP contribution in [0.5, 0.6) is 0 Å². The van der Waals surface area contributed by atoms with E-state index in [2.05, 4.69) is 10.3 Å². The van der Waals surface area contributed by atoms with Gasteiger partial charge >= 0.3 is 0 Å². The normalized spacial score (nSPS) is 21.7. The third kappa shape index (κ3) is 3.16. The molecule has 1 aromatic rings. The standard InChI is InChI=1S/C12H22N4O2S/c1-3-13-8-11-6-4-5-7-16(11)19(17,18)12-9-15(2)10-14-12/h9-11,13H,3-8H2,1-2H3. The van der Waals surface area contributed by atoms with E-state index in [0.29, 0.717) is 13.1 Å². The minimum absolute atomic E-state index is 0.0423. The Morgan fingerprint density at radius 3 is 2.89 bits per heavy atom. The Hall–Kier alpha value is -0.920. The van der Waals surface area contributed by atoms with Crippen LogP contribution in [-0.4, -0.2) is 48.0 Å². The first-order chi connectivity index (χ1) is 9.05. The average molecular weight is 286 g/mol. The second kappa shape index (κ2) is 6.02. The second-order valence-electron chi connectivity index (χ2n) is 4.95. The number of hydrogen-bond donors (Lipinski definition) is 1. The summed E-state index contributed by atoms with van der Waals surface area (Å²) in [6, 6.07) is 0.0423. The van der Waals surface area contributed by atoms with Crippen LogP contribution in [-0.2, 0) is 17.1 Å². The van der Waals surface area contributed by atoms with E-state index in [0.717, 1.165) is 25.8 Å². The monoisotopic (exact) mass is 286 g/mol. The van der Waals surface area contributed by atoms with Crippen LogP contribution in [0.3, 0.4) is 0 Å². The SMILES string of the molecule is CCNCC1CCCCN1S(=O)(=O)c1cn(C)cn1. The van der Waals surface area contributed by atoms with Gasteiger partial charge in [-0.2, -0.15) is 4.31 Å². The van der Waals surface area contributed by atoms with E-state index in [1.807, 2.05) is 6.92 Å². The number of aromatic nitrogens is 2. The molecule has 0 aromatic carbocycles. The van der Waals surface area contributed by atoms with Crippen LogP contribution in [0, 0.1) is 0 Å². The molecule has 1 unspecified atom stereocenters. The van der Waals surface area contributed by atoms with Gasteiger partial charge in [-0.15, -0.1) is 0 Å². The van der Waals surface area contributed by atoms with Crippen LogP contribution in [0.1, 0.15) is 26.2 Å². The molecule has 0 spiro atoms. The van der Waals surface area contributed by atoms with E-state index >= 15 is 0 Å². The van der Waals surface area contributed by atoms with Gasteiger partial charge in [-0.05, 0) is 19.4 Å². The maximum Gasteiger partial charge on any atom is 0.262 e. The molecule has 108 valence electrons. The first-order valence-electron chi connectivity index (χ1n) is 6.76. The maximum absolute atomic E-state index is 12.6. The molecule has 2 rings (SSSR count). The molecule has 1 aliphatic heterocycles. The Morgan fingerprint density at radius 1 is 1.47 bits per heavy atom. The lowest BCUT2D eigenvalue weighted by molar-refractivity contribution is 0.246. The largest absolute Gasteiger partial charge is 0.339 e. The van der Waals surface area contributed by atoms with Crippen molar-refractivity contribution in [1.82, 2.24) is 19.2 Å². The van der Waals surface area contributed by atoms with E-state index in [9.17, 15) is 8.42 Å². The molecule has 6 nitrogen and oxygen atoms in total. The third-order valence-corrected chi connectivity index (χ3v) is 5.29. The van der Waals surface area contributed by atoms with Crippen LogP contribution < -0.4 is 5.32 Å². The summed E-state index contributed by atoms with van der Waals surface area (Å²) in [6.07, 6.45) is 6.02. The quantitative estimate of drug-likeness (QED) is 0.859. The van der Waals surface area contributed by atoms with Gasteiger partial charge in [0.25, 0.3) is 10.0 Å². The predicted octanol–water partition coefficient (Wildman–Crippen LogP) is 0.573. The van der Waals surface area contributed by atoms with Crippen molar-refractivity contribution in [2.75, 3.05) is 19.6 Å². The van der Waals surface area contributed by atoms with Crippen molar-refractivity contribution in [2.24, 2.45) is 7.05 Å². The van der Waals surface area contributed by atoms with Crippen molar-refractivity contribution in [3.05, 3.63) is 12.5 Å². The second-order valence-corrected chi connectivity index (χ2v) is 6.79. The Bertz CT molecular complexity index is 512. The lowest BCUT2D eigenvalue weighted by Crippen LogP contribution is -2.48. The van der Waals surface area contributed by atoms with E-state index in [-0.39, 0.29) is 11.1 Å². The van der Waals surface area contributed by atoms with Crippen molar-refractivity contribution in [3.8, 4) is 0 Å². The van der Waals surface area contributed by atoms with Gasteiger partial charge in [-0.3, -0.25) is 0 Å². The Balaban J connectivity index is 2.21. The number of nitrogens with zero attached hydrogens (tertiary/aromatic N) is 3. The van der Waals surface area contributed by atoms with Crippen molar-refractivity contribution >= 4 is 10.0 Å². The van der Waals surface area contributed by atoms with Gasteiger partial charge in [0.1, 0.15) is 0 Å². The van der Waals surface area contributed by atoms with Gasteiger partial charge in [-0.1, -0.05) is 13.3 Å². The summed E-state index contributed by atoms with van der Waals surface area (Å²) in [7, 11) is -1.68. The zero-order chi connectivity index (χ0) is 13.9. The highest BCUT2D eigenvalue weighted by Crippen LogP contribution is 2.24. The fraction of sp³-hybridized carbons (Fsp3) is 0.750. The van der Waals surface area contributed by atoms with E-state index in [1.54, 1.807) is 22.1 Å². The molecule has 0 radical (unpaired) electrons. The smallest absolute Gasteiger partial charge is 0.262 e. The zero-order valence-corrected chi connectivity index (χ0v) is 12.4. The number of piperidine rings is 1. The topological polar surface area (TPSA) is 67.2 Å². The summed E-state index contributed by atoms with van der Waals surface area (Å²) >= 11 is 0. The van der Waals surface area contributed by atoms with Gasteiger partial charge in [0.05, 0.1) is 6.33 Å². The molecule has 1 saturated heterocycles. The molecule has 1 aliphatic rings. The van der Waals surface area contributed by atoms with Crippen LogP contribution in [0.4, 0.5) is 0 Å². The van der Waals surface area contributed by atoms with Crippen LogP contribution in [0.2, 0.25) is 0 Å². The minimum atomic E-state index is -3.46. The lowest BCUT2D eigenvalue weighted by Gasteiger charge is -2.34. The zero-order valence-electron chi connectivity index (χ0n) is 11.5. The predicted molar refractivity (Wildman–Crippen MR) is 73.3 cm³/mol. The number of hydrogen-bond acceptors (Lipinski definition) is 4.